The largest absolute Gasteiger partial charge is 0.496 e. The first-order chi connectivity index (χ1) is 24.7. The van der Waals surface area contributed by atoms with Crippen LogP contribution in [0, 0.1) is 5.92 Å². The number of halogens is 1. The molecule has 2 aliphatic rings. The van der Waals surface area contributed by atoms with Crippen molar-refractivity contribution in [3.8, 4) is 5.75 Å². The summed E-state index contributed by atoms with van der Waals surface area (Å²) in [5, 5.41) is 10.8. The Balaban J connectivity index is 1.34. The number of carbonyl (C=O) groups is 4. The molecule has 0 radical (unpaired) electrons. The molecule has 1 aliphatic heterocycles. The smallest absolute Gasteiger partial charge is 0.258 e. The summed E-state index contributed by atoms with van der Waals surface area (Å²) in [6, 6.07) is 22.0. The van der Waals surface area contributed by atoms with Gasteiger partial charge in [0.15, 0.2) is 0 Å². The van der Waals surface area contributed by atoms with Gasteiger partial charge in [0.25, 0.3) is 17.7 Å². The van der Waals surface area contributed by atoms with Crippen LogP contribution in [0.4, 0.5) is 11.4 Å². The van der Waals surface area contributed by atoms with Gasteiger partial charge >= 0.3 is 0 Å². The molecule has 1 fully saturated rings. The number of nitrogens with zero attached hydrogens (tertiary/aromatic N) is 2. The minimum absolute atomic E-state index is 0.101. The second-order valence-corrected chi connectivity index (χ2v) is 14.2. The Morgan fingerprint density at radius 3 is 2.33 bits per heavy atom. The van der Waals surface area contributed by atoms with Crippen molar-refractivity contribution in [2.45, 2.75) is 57.7 Å². The molecule has 1 aliphatic carbocycles. The number of nitrogens with one attached hydrogen (secondary N) is 3. The van der Waals surface area contributed by atoms with Crippen molar-refractivity contribution in [1.29, 1.82) is 0 Å². The molecule has 1 saturated carbocycles. The number of carbonyl (C=O) groups excluding carboxylic acids is 4. The predicted molar refractivity (Wildman–Crippen MR) is 203 cm³/mol. The SMILES string of the molecule is CN[C@@H](C)C(=O)NC1CN(C(=O)c2ccc(C(=O)NCC3CCCCC3)cc2)c2ccccc2N(Cc2c(OC)ccc3cc(Br)ccc23)C1=O. The number of methoxy groups -OCH3 is 1. The summed E-state index contributed by atoms with van der Waals surface area (Å²) in [7, 11) is 3.26. The standard InChI is InChI=1S/C40H44BrN5O5/c1-25(42-2)37(47)44-33-24-46(39(49)28-15-13-27(14-16-28)38(48)43-22-26-9-5-4-6-10-26)35-12-8-7-11-34(35)45(40(33)50)23-32-31-19-18-30(41)21-29(31)17-20-36(32)51-3/h7-8,11-21,25-26,33,42H,4-6,9-10,22-24H2,1-3H3,(H,43,48)(H,44,47)/t25-,33?/m0/s1. The minimum atomic E-state index is -1.07. The van der Waals surface area contributed by atoms with E-state index in [1.165, 1.54) is 24.2 Å². The third-order valence-corrected chi connectivity index (χ3v) is 10.5. The van der Waals surface area contributed by atoms with E-state index >= 15 is 0 Å². The van der Waals surface area contributed by atoms with E-state index in [1.807, 2.05) is 48.5 Å². The monoisotopic (exact) mass is 753 g/mol. The molecule has 1 unspecified atom stereocenters. The van der Waals surface area contributed by atoms with Gasteiger partial charge < -0.3 is 30.5 Å². The fourth-order valence-electron chi connectivity index (χ4n) is 6.99. The first-order valence-electron chi connectivity index (χ1n) is 17.5. The lowest BCUT2D eigenvalue weighted by molar-refractivity contribution is -0.128. The lowest BCUT2D eigenvalue weighted by atomic mass is 9.89. The molecule has 4 amide bonds. The molecular weight excluding hydrogens is 710 g/mol. The minimum Gasteiger partial charge on any atom is -0.496 e. The second kappa shape index (κ2) is 16.1. The Morgan fingerprint density at radius 1 is 0.922 bits per heavy atom. The number of anilines is 2. The molecule has 11 heteroatoms. The van der Waals surface area contributed by atoms with Crippen LogP contribution in [-0.4, -0.2) is 63.0 Å². The van der Waals surface area contributed by atoms with E-state index in [-0.39, 0.29) is 36.7 Å². The van der Waals surface area contributed by atoms with Crippen LogP contribution in [0.5, 0.6) is 5.75 Å². The number of hydrogen-bond acceptors (Lipinski definition) is 6. The van der Waals surface area contributed by atoms with Crippen molar-refractivity contribution in [2.75, 3.05) is 37.0 Å². The molecular formula is C40H44BrN5O5. The van der Waals surface area contributed by atoms with Crippen LogP contribution in [-0.2, 0) is 16.1 Å². The zero-order valence-electron chi connectivity index (χ0n) is 29.2. The molecule has 0 spiro atoms. The number of fused-ring (bicyclic) bond motifs is 2. The summed E-state index contributed by atoms with van der Waals surface area (Å²) in [6.07, 6.45) is 5.93. The molecule has 4 aromatic carbocycles. The van der Waals surface area contributed by atoms with Crippen molar-refractivity contribution < 1.29 is 23.9 Å². The van der Waals surface area contributed by atoms with E-state index in [4.69, 9.17) is 4.74 Å². The van der Waals surface area contributed by atoms with Crippen LogP contribution < -0.4 is 30.5 Å². The molecule has 6 rings (SSSR count). The Bertz CT molecular complexity index is 1930. The van der Waals surface area contributed by atoms with Gasteiger partial charge in [0, 0.05) is 27.7 Å². The number of rotatable bonds is 10. The van der Waals surface area contributed by atoms with Gasteiger partial charge in [-0.25, -0.2) is 0 Å². The van der Waals surface area contributed by atoms with Crippen molar-refractivity contribution in [3.05, 3.63) is 100 Å². The molecule has 2 atom stereocenters. The topological polar surface area (TPSA) is 120 Å². The van der Waals surface area contributed by atoms with E-state index in [2.05, 4.69) is 31.9 Å². The highest BCUT2D eigenvalue weighted by Crippen LogP contribution is 2.38. The fourth-order valence-corrected chi connectivity index (χ4v) is 7.36. The fraction of sp³-hybridized carbons (Fsp3) is 0.350. The number of hydrogen-bond donors (Lipinski definition) is 3. The van der Waals surface area contributed by atoms with Crippen molar-refractivity contribution >= 4 is 61.7 Å². The van der Waals surface area contributed by atoms with Crippen LogP contribution in [0.25, 0.3) is 10.8 Å². The van der Waals surface area contributed by atoms with Gasteiger partial charge in [-0.3, -0.25) is 19.2 Å². The Kier molecular flexibility index (Phi) is 11.4. The number of amides is 4. The number of likely N-dealkylation sites (N-methyl/N-ethyl adjacent to an activating group) is 1. The first-order valence-corrected chi connectivity index (χ1v) is 18.3. The van der Waals surface area contributed by atoms with Crippen molar-refractivity contribution in [1.82, 2.24) is 16.0 Å². The Morgan fingerprint density at radius 2 is 1.63 bits per heavy atom. The molecule has 10 nitrogen and oxygen atoms in total. The van der Waals surface area contributed by atoms with Gasteiger partial charge in [-0.15, -0.1) is 0 Å². The number of ether oxygens (including phenoxy) is 1. The summed E-state index contributed by atoms with van der Waals surface area (Å²) in [4.78, 5) is 58.3. The highest BCUT2D eigenvalue weighted by Gasteiger charge is 2.38. The van der Waals surface area contributed by atoms with E-state index in [1.54, 1.807) is 56.3 Å². The van der Waals surface area contributed by atoms with Crippen LogP contribution >= 0.6 is 15.9 Å². The van der Waals surface area contributed by atoms with E-state index in [0.717, 1.165) is 33.7 Å². The molecule has 1 heterocycles. The summed E-state index contributed by atoms with van der Waals surface area (Å²) in [5.41, 5.74) is 2.65. The van der Waals surface area contributed by atoms with Crippen LogP contribution in [0.1, 0.15) is 65.3 Å². The summed E-state index contributed by atoms with van der Waals surface area (Å²) in [5.74, 6) is -0.152. The number of benzene rings is 4. The normalized spacial score (nSPS) is 17.0. The van der Waals surface area contributed by atoms with Gasteiger partial charge in [0.1, 0.15) is 11.8 Å². The average Bonchev–Trinajstić information content (AvgIpc) is 3.27. The van der Waals surface area contributed by atoms with Crippen molar-refractivity contribution in [2.24, 2.45) is 5.92 Å². The highest BCUT2D eigenvalue weighted by atomic mass is 79.9. The second-order valence-electron chi connectivity index (χ2n) is 13.3. The summed E-state index contributed by atoms with van der Waals surface area (Å²) >= 11 is 3.55. The van der Waals surface area contributed by atoms with Gasteiger partial charge in [-0.05, 0) is 98.1 Å². The third-order valence-electron chi connectivity index (χ3n) is 10.0. The van der Waals surface area contributed by atoms with Crippen LogP contribution in [0.2, 0.25) is 0 Å². The molecule has 0 saturated heterocycles. The first kappa shape index (κ1) is 36.1. The maximum atomic E-state index is 14.6. The lowest BCUT2D eigenvalue weighted by Crippen LogP contribution is -2.55. The van der Waals surface area contributed by atoms with Gasteiger partial charge in [-0.2, -0.15) is 0 Å². The summed E-state index contributed by atoms with van der Waals surface area (Å²) in [6.45, 7) is 2.38. The number of para-hydroxylation sites is 2. The van der Waals surface area contributed by atoms with Gasteiger partial charge in [0.05, 0.1) is 37.6 Å². The molecule has 3 N–H and O–H groups in total. The van der Waals surface area contributed by atoms with Gasteiger partial charge in [0.2, 0.25) is 5.91 Å². The molecule has 266 valence electrons. The highest BCUT2D eigenvalue weighted by molar-refractivity contribution is 9.10. The quantitative estimate of drug-likeness (QED) is 0.177. The zero-order chi connectivity index (χ0) is 36.1. The van der Waals surface area contributed by atoms with E-state index in [0.29, 0.717) is 40.7 Å². The molecule has 0 bridgehead atoms. The van der Waals surface area contributed by atoms with E-state index < -0.39 is 12.1 Å². The molecule has 0 aromatic heterocycles. The maximum absolute atomic E-state index is 14.6. The molecule has 51 heavy (non-hydrogen) atoms. The zero-order valence-corrected chi connectivity index (χ0v) is 30.8. The van der Waals surface area contributed by atoms with E-state index in [9.17, 15) is 19.2 Å². The average molecular weight is 755 g/mol. The van der Waals surface area contributed by atoms with Gasteiger partial charge in [-0.1, -0.05) is 59.5 Å². The third kappa shape index (κ3) is 7.94. The summed E-state index contributed by atoms with van der Waals surface area (Å²) < 4.78 is 6.71. The molecule has 4 aromatic rings. The Hall–Kier alpha value is -4.74. The predicted octanol–water partition coefficient (Wildman–Crippen LogP) is 6.21. The maximum Gasteiger partial charge on any atom is 0.258 e. The Labute approximate surface area is 307 Å². The lowest BCUT2D eigenvalue weighted by Gasteiger charge is -2.27. The van der Waals surface area contributed by atoms with Crippen molar-refractivity contribution in [3.63, 3.8) is 0 Å². The van der Waals surface area contributed by atoms with Crippen LogP contribution in [0.15, 0.2) is 83.3 Å². The van der Waals surface area contributed by atoms with Crippen LogP contribution in [0.3, 0.4) is 0 Å².